The first kappa shape index (κ1) is 9.27. The van der Waals surface area contributed by atoms with E-state index in [4.69, 9.17) is 11.1 Å². The third-order valence-corrected chi connectivity index (χ3v) is 1.58. The summed E-state index contributed by atoms with van der Waals surface area (Å²) in [5.74, 6) is 1.89. The van der Waals surface area contributed by atoms with Gasteiger partial charge in [-0.25, -0.2) is 0 Å². The molecule has 0 aromatic carbocycles. The van der Waals surface area contributed by atoms with Gasteiger partial charge in [-0.2, -0.15) is 0 Å². The number of hydrogen-bond acceptors (Lipinski definition) is 1. The van der Waals surface area contributed by atoms with E-state index < -0.39 is 0 Å². The van der Waals surface area contributed by atoms with Crippen LogP contribution in [0.1, 0.15) is 20.8 Å². The Morgan fingerprint density at radius 2 is 2.10 bits per heavy atom. The van der Waals surface area contributed by atoms with Gasteiger partial charge in [0.05, 0.1) is 0 Å². The van der Waals surface area contributed by atoms with Crippen LogP contribution < -0.4 is 11.1 Å². The minimum atomic E-state index is 0.0492. The molecule has 0 aromatic heterocycles. The van der Waals surface area contributed by atoms with E-state index in [0.29, 0.717) is 5.92 Å². The lowest BCUT2D eigenvalue weighted by molar-refractivity contribution is 0.583. The Morgan fingerprint density at radius 1 is 1.60 bits per heavy atom. The van der Waals surface area contributed by atoms with Crippen molar-refractivity contribution in [3.05, 3.63) is 5.92 Å². The smallest absolute Gasteiger partial charge is 0.185 e. The van der Waals surface area contributed by atoms with Gasteiger partial charge in [-0.3, -0.25) is 5.41 Å². The van der Waals surface area contributed by atoms with Crippen LogP contribution in [0.15, 0.2) is 0 Å². The molecule has 0 bridgehead atoms. The molecule has 4 N–H and O–H groups in total. The monoisotopic (exact) mass is 142 g/mol. The number of nitrogens with two attached hydrogens (primary N) is 1. The van der Waals surface area contributed by atoms with Crippen molar-refractivity contribution in [2.75, 3.05) is 6.54 Å². The molecule has 0 aliphatic carbocycles. The Balaban J connectivity index is 3.39. The topological polar surface area (TPSA) is 61.9 Å². The molecule has 0 saturated carbocycles. The zero-order chi connectivity index (χ0) is 8.15. The molecule has 0 saturated heterocycles. The summed E-state index contributed by atoms with van der Waals surface area (Å²) in [6.07, 6.45) is 0. The van der Waals surface area contributed by atoms with Gasteiger partial charge < -0.3 is 11.1 Å². The summed E-state index contributed by atoms with van der Waals surface area (Å²) in [5, 5.41) is 9.65. The average molecular weight is 142 g/mol. The van der Waals surface area contributed by atoms with Crippen molar-refractivity contribution in [3.8, 4) is 0 Å². The van der Waals surface area contributed by atoms with Crippen molar-refractivity contribution in [1.29, 1.82) is 5.41 Å². The Kier molecular flexibility index (Phi) is 3.84. The van der Waals surface area contributed by atoms with Gasteiger partial charge in [-0.05, 0) is 11.8 Å². The minimum absolute atomic E-state index is 0.0492. The summed E-state index contributed by atoms with van der Waals surface area (Å²) < 4.78 is 0. The maximum Gasteiger partial charge on any atom is 0.185 e. The number of nitrogens with one attached hydrogen (secondary N) is 2. The fourth-order valence-electron chi connectivity index (χ4n) is 0.467. The molecule has 1 atom stereocenters. The van der Waals surface area contributed by atoms with Crippen molar-refractivity contribution < 1.29 is 0 Å². The first-order valence-electron chi connectivity index (χ1n) is 3.42. The fourth-order valence-corrected chi connectivity index (χ4v) is 0.467. The van der Waals surface area contributed by atoms with E-state index in [9.17, 15) is 0 Å². The van der Waals surface area contributed by atoms with Gasteiger partial charge in [0, 0.05) is 6.54 Å². The first-order valence-corrected chi connectivity index (χ1v) is 3.42. The van der Waals surface area contributed by atoms with Crippen molar-refractivity contribution in [2.24, 2.45) is 11.7 Å². The van der Waals surface area contributed by atoms with Crippen LogP contribution in [0.3, 0.4) is 0 Å². The predicted molar refractivity (Wildman–Crippen MR) is 43.7 cm³/mol. The summed E-state index contributed by atoms with van der Waals surface area (Å²) in [4.78, 5) is 0. The van der Waals surface area contributed by atoms with Crippen LogP contribution in [0.2, 0.25) is 0 Å². The summed E-state index contributed by atoms with van der Waals surface area (Å²) in [5.41, 5.74) is 5.10. The average Bonchev–Trinajstić information content (AvgIpc) is 1.82. The second-order valence-corrected chi connectivity index (χ2v) is 2.77. The standard InChI is InChI=1S/C7H16N3/c1-5(2)6(3)4-10-7(8)9/h6H,4H2,1-3H3,(H4,8,9,10). The highest BCUT2D eigenvalue weighted by Crippen LogP contribution is 2.09. The highest BCUT2D eigenvalue weighted by atomic mass is 15.0. The second-order valence-electron chi connectivity index (χ2n) is 2.77. The molecular formula is C7H16N3. The zero-order valence-electron chi connectivity index (χ0n) is 6.86. The van der Waals surface area contributed by atoms with Crippen molar-refractivity contribution >= 4 is 5.96 Å². The summed E-state index contributed by atoms with van der Waals surface area (Å²) in [7, 11) is 0. The molecule has 0 amide bonds. The van der Waals surface area contributed by atoms with Gasteiger partial charge in [-0.15, -0.1) is 0 Å². The lowest BCUT2D eigenvalue weighted by Crippen LogP contribution is -2.34. The molecule has 0 heterocycles. The maximum absolute atomic E-state index is 6.89. The molecule has 1 unspecified atom stereocenters. The lowest BCUT2D eigenvalue weighted by atomic mass is 9.98. The van der Waals surface area contributed by atoms with Crippen LogP contribution in [-0.4, -0.2) is 12.5 Å². The van der Waals surface area contributed by atoms with Gasteiger partial charge in [0.15, 0.2) is 5.96 Å². The molecule has 3 heteroatoms. The van der Waals surface area contributed by atoms with Crippen LogP contribution in [-0.2, 0) is 0 Å². The molecule has 0 aromatic rings. The quantitative estimate of drug-likeness (QED) is 0.401. The highest BCUT2D eigenvalue weighted by Gasteiger charge is 2.06. The maximum atomic E-state index is 6.89. The zero-order valence-corrected chi connectivity index (χ0v) is 6.86. The van der Waals surface area contributed by atoms with Crippen LogP contribution >= 0.6 is 0 Å². The SMILES string of the molecule is C[C](C)C(C)CNC(=N)N. The highest BCUT2D eigenvalue weighted by molar-refractivity contribution is 5.74. The van der Waals surface area contributed by atoms with Gasteiger partial charge in [0.2, 0.25) is 0 Å². The van der Waals surface area contributed by atoms with E-state index >= 15 is 0 Å². The number of hydrogen-bond donors (Lipinski definition) is 3. The van der Waals surface area contributed by atoms with Crippen molar-refractivity contribution in [1.82, 2.24) is 5.32 Å². The normalized spacial score (nSPS) is 13.2. The van der Waals surface area contributed by atoms with Crippen molar-refractivity contribution in [3.63, 3.8) is 0 Å². The molecule has 10 heavy (non-hydrogen) atoms. The van der Waals surface area contributed by atoms with Gasteiger partial charge in [-0.1, -0.05) is 20.8 Å². The van der Waals surface area contributed by atoms with Crippen LogP contribution in [0.4, 0.5) is 0 Å². The second kappa shape index (κ2) is 4.14. The first-order chi connectivity index (χ1) is 4.54. The molecule has 59 valence electrons. The third kappa shape index (κ3) is 4.18. The van der Waals surface area contributed by atoms with Crippen LogP contribution in [0, 0.1) is 17.2 Å². The fraction of sp³-hybridized carbons (Fsp3) is 0.714. The van der Waals surface area contributed by atoms with Crippen LogP contribution in [0.25, 0.3) is 0 Å². The molecule has 0 rings (SSSR count). The third-order valence-electron chi connectivity index (χ3n) is 1.58. The Bertz CT molecular complexity index is 109. The molecular weight excluding hydrogens is 126 g/mol. The van der Waals surface area contributed by atoms with E-state index in [1.807, 2.05) is 0 Å². The molecule has 0 spiro atoms. The summed E-state index contributed by atoms with van der Waals surface area (Å²) in [6, 6.07) is 0. The van der Waals surface area contributed by atoms with Crippen molar-refractivity contribution in [2.45, 2.75) is 20.8 Å². The van der Waals surface area contributed by atoms with Gasteiger partial charge in [0.25, 0.3) is 0 Å². The summed E-state index contributed by atoms with van der Waals surface area (Å²) in [6.45, 7) is 7.02. The Hall–Kier alpha value is -0.730. The van der Waals surface area contributed by atoms with E-state index in [-0.39, 0.29) is 5.96 Å². The van der Waals surface area contributed by atoms with Gasteiger partial charge >= 0.3 is 0 Å². The predicted octanol–water partition coefficient (Wildman–Crippen LogP) is 0.720. The van der Waals surface area contributed by atoms with Crippen LogP contribution in [0.5, 0.6) is 0 Å². The molecule has 1 radical (unpaired) electrons. The molecule has 0 aliphatic rings. The molecule has 0 aliphatic heterocycles. The van der Waals surface area contributed by atoms with E-state index in [0.717, 1.165) is 6.54 Å². The Labute approximate surface area is 62.5 Å². The molecule has 0 fully saturated rings. The number of rotatable bonds is 3. The summed E-state index contributed by atoms with van der Waals surface area (Å²) >= 11 is 0. The van der Waals surface area contributed by atoms with E-state index in [1.54, 1.807) is 0 Å². The van der Waals surface area contributed by atoms with Gasteiger partial charge in [0.1, 0.15) is 0 Å². The molecule has 3 nitrogen and oxygen atoms in total. The van der Waals surface area contributed by atoms with E-state index in [1.165, 1.54) is 5.92 Å². The Morgan fingerprint density at radius 3 is 2.40 bits per heavy atom. The van der Waals surface area contributed by atoms with E-state index in [2.05, 4.69) is 26.1 Å². The number of guanidine groups is 1. The lowest BCUT2D eigenvalue weighted by Gasteiger charge is -2.14. The largest absolute Gasteiger partial charge is 0.370 e. The minimum Gasteiger partial charge on any atom is -0.370 e.